The monoisotopic (exact) mass is 628 g/mol. The number of thiophene rings is 3. The van der Waals surface area contributed by atoms with Crippen LogP contribution in [0.2, 0.25) is 0 Å². The van der Waals surface area contributed by atoms with Crippen LogP contribution in [0.1, 0.15) is 0 Å². The third kappa shape index (κ3) is 5.86. The maximum absolute atomic E-state index is 2.25. The lowest BCUT2D eigenvalue weighted by molar-refractivity contribution is 1.57. The zero-order valence-corrected chi connectivity index (χ0v) is 26.8. The van der Waals surface area contributed by atoms with Crippen LogP contribution in [0.4, 0.5) is 0 Å². The molecule has 0 radical (unpaired) electrons. The maximum atomic E-state index is 2.25. The molecule has 0 bridgehead atoms. The summed E-state index contributed by atoms with van der Waals surface area (Å²) in [5, 5.41) is 2.14. The molecule has 8 rings (SSSR count). The zero-order chi connectivity index (χ0) is 30.0. The third-order valence-electron chi connectivity index (χ3n) is 8.15. The van der Waals surface area contributed by atoms with Crippen molar-refractivity contribution in [2.24, 2.45) is 0 Å². The molecule has 0 aliphatic carbocycles. The van der Waals surface area contributed by atoms with E-state index in [-0.39, 0.29) is 0 Å². The summed E-state index contributed by atoms with van der Waals surface area (Å²) >= 11 is 5.53. The van der Waals surface area contributed by atoms with Gasteiger partial charge in [-0.25, -0.2) is 0 Å². The normalized spacial score (nSPS) is 11.1. The topological polar surface area (TPSA) is 0 Å². The minimum Gasteiger partial charge on any atom is -0.143 e. The Balaban J connectivity index is 0.942. The Hall–Kier alpha value is -4.80. The summed E-state index contributed by atoms with van der Waals surface area (Å²) < 4.78 is 0. The van der Waals surface area contributed by atoms with Crippen molar-refractivity contribution >= 4 is 34.0 Å². The van der Waals surface area contributed by atoms with E-state index in [0.29, 0.717) is 0 Å². The van der Waals surface area contributed by atoms with Crippen molar-refractivity contribution in [1.29, 1.82) is 0 Å². The van der Waals surface area contributed by atoms with Gasteiger partial charge in [0.25, 0.3) is 0 Å². The molecular formula is C42H28S3. The highest BCUT2D eigenvalue weighted by atomic mass is 32.1. The van der Waals surface area contributed by atoms with Crippen molar-refractivity contribution in [2.45, 2.75) is 0 Å². The molecule has 0 atom stereocenters. The van der Waals surface area contributed by atoms with Crippen LogP contribution in [0.15, 0.2) is 169 Å². The predicted octanol–water partition coefficient (Wildman–Crippen LogP) is 13.5. The lowest BCUT2D eigenvalue weighted by Gasteiger charge is -2.08. The number of rotatable bonds is 7. The second-order valence-electron chi connectivity index (χ2n) is 11.0. The molecule has 8 aromatic rings. The molecule has 0 saturated heterocycles. The van der Waals surface area contributed by atoms with Gasteiger partial charge in [-0.15, -0.1) is 34.0 Å². The first-order chi connectivity index (χ1) is 22.3. The van der Waals surface area contributed by atoms with Gasteiger partial charge in [0.2, 0.25) is 0 Å². The average Bonchev–Trinajstić information content (AvgIpc) is 3.92. The fraction of sp³-hybridized carbons (Fsp3) is 0. The summed E-state index contributed by atoms with van der Waals surface area (Å²) in [6.07, 6.45) is 0. The lowest BCUT2D eigenvalue weighted by Crippen LogP contribution is -1.83. The van der Waals surface area contributed by atoms with Crippen molar-refractivity contribution < 1.29 is 0 Å². The molecule has 5 aromatic carbocycles. The highest BCUT2D eigenvalue weighted by molar-refractivity contribution is 7.27. The van der Waals surface area contributed by atoms with Crippen LogP contribution in [0, 0.1) is 0 Å². The van der Waals surface area contributed by atoms with Crippen LogP contribution in [0.25, 0.3) is 74.5 Å². The average molecular weight is 629 g/mol. The fourth-order valence-corrected chi connectivity index (χ4v) is 8.61. The summed E-state index contributed by atoms with van der Waals surface area (Å²) in [6, 6.07) is 59.4. The lowest BCUT2D eigenvalue weighted by atomic mass is 9.97. The quantitative estimate of drug-likeness (QED) is 0.165. The van der Waals surface area contributed by atoms with E-state index in [1.54, 1.807) is 11.3 Å². The Morgan fingerprint density at radius 2 is 0.556 bits per heavy atom. The predicted molar refractivity (Wildman–Crippen MR) is 198 cm³/mol. The molecule has 3 aromatic heterocycles. The van der Waals surface area contributed by atoms with Crippen LogP contribution < -0.4 is 0 Å². The van der Waals surface area contributed by atoms with E-state index >= 15 is 0 Å². The van der Waals surface area contributed by atoms with Crippen LogP contribution in [0.3, 0.4) is 0 Å². The molecule has 3 heterocycles. The maximum Gasteiger partial charge on any atom is 0.0449 e. The minimum absolute atomic E-state index is 1.23. The van der Waals surface area contributed by atoms with E-state index in [1.807, 2.05) is 22.7 Å². The summed E-state index contributed by atoms with van der Waals surface area (Å²) in [7, 11) is 0. The van der Waals surface area contributed by atoms with Crippen LogP contribution in [0.5, 0.6) is 0 Å². The van der Waals surface area contributed by atoms with E-state index in [9.17, 15) is 0 Å². The van der Waals surface area contributed by atoms with Crippen LogP contribution >= 0.6 is 34.0 Å². The van der Waals surface area contributed by atoms with Gasteiger partial charge in [-0.2, -0.15) is 0 Å². The smallest absolute Gasteiger partial charge is 0.0449 e. The first-order valence-electron chi connectivity index (χ1n) is 15.0. The molecule has 0 fully saturated rings. The molecule has 3 heteroatoms. The van der Waals surface area contributed by atoms with E-state index in [4.69, 9.17) is 0 Å². The molecule has 0 aliphatic heterocycles. The van der Waals surface area contributed by atoms with Gasteiger partial charge in [0.15, 0.2) is 0 Å². The van der Waals surface area contributed by atoms with Gasteiger partial charge >= 0.3 is 0 Å². The van der Waals surface area contributed by atoms with Crippen LogP contribution in [-0.4, -0.2) is 0 Å². The Morgan fingerprint density at radius 1 is 0.222 bits per heavy atom. The van der Waals surface area contributed by atoms with Gasteiger partial charge in [-0.05, 0) is 85.8 Å². The molecule has 0 unspecified atom stereocenters. The number of hydrogen-bond donors (Lipinski definition) is 0. The Morgan fingerprint density at radius 3 is 0.956 bits per heavy atom. The first-order valence-corrected chi connectivity index (χ1v) is 17.5. The Labute approximate surface area is 276 Å². The van der Waals surface area contributed by atoms with Crippen molar-refractivity contribution in [2.75, 3.05) is 0 Å². The molecule has 0 nitrogen and oxygen atoms in total. The van der Waals surface area contributed by atoms with Gasteiger partial charge in [0.1, 0.15) is 0 Å². The highest BCUT2D eigenvalue weighted by Gasteiger charge is 2.10. The van der Waals surface area contributed by atoms with E-state index in [2.05, 4.69) is 169 Å². The summed E-state index contributed by atoms with van der Waals surface area (Å²) in [4.78, 5) is 6.64. The Kier molecular flexibility index (Phi) is 7.58. The molecule has 214 valence electrons. The second-order valence-corrected chi connectivity index (χ2v) is 14.1. The van der Waals surface area contributed by atoms with Crippen molar-refractivity contribution in [3.63, 3.8) is 0 Å². The van der Waals surface area contributed by atoms with E-state index in [1.165, 1.54) is 74.5 Å². The molecular weight excluding hydrogens is 601 g/mol. The highest BCUT2D eigenvalue weighted by Crippen LogP contribution is 2.41. The van der Waals surface area contributed by atoms with Crippen molar-refractivity contribution in [1.82, 2.24) is 0 Å². The molecule has 0 amide bonds. The molecule has 0 saturated carbocycles. The summed E-state index contributed by atoms with van der Waals surface area (Å²) in [5.74, 6) is 0. The molecule has 0 spiro atoms. The Bertz CT molecular complexity index is 2150. The summed E-state index contributed by atoms with van der Waals surface area (Å²) in [6.45, 7) is 0. The first kappa shape index (κ1) is 27.7. The van der Waals surface area contributed by atoms with Gasteiger partial charge < -0.3 is 0 Å². The van der Waals surface area contributed by atoms with Crippen molar-refractivity contribution in [3.8, 4) is 74.5 Å². The largest absolute Gasteiger partial charge is 0.143 e. The van der Waals surface area contributed by atoms with Crippen molar-refractivity contribution in [3.05, 3.63) is 169 Å². The fourth-order valence-electron chi connectivity index (χ4n) is 5.67. The van der Waals surface area contributed by atoms with Gasteiger partial charge in [0, 0.05) is 24.4 Å². The number of hydrogen-bond acceptors (Lipinski definition) is 3. The van der Waals surface area contributed by atoms with E-state index < -0.39 is 0 Å². The summed E-state index contributed by atoms with van der Waals surface area (Å²) in [5.41, 5.74) is 11.1. The number of benzene rings is 5. The SMILES string of the molecule is c1ccc(-c2ccc(-c3ccc(-c4ccc(-c5ccc(-c6ccc(-c7ccc(-c8cccs8)s7)s6)cc5)cc4)cc3)cc2)cc1. The zero-order valence-electron chi connectivity index (χ0n) is 24.4. The molecule has 0 aliphatic rings. The van der Waals surface area contributed by atoms with Gasteiger partial charge in [0.05, 0.1) is 0 Å². The second kappa shape index (κ2) is 12.3. The minimum atomic E-state index is 1.23. The van der Waals surface area contributed by atoms with Gasteiger partial charge in [-0.1, -0.05) is 133 Å². The van der Waals surface area contributed by atoms with Crippen LogP contribution in [-0.2, 0) is 0 Å². The third-order valence-corrected chi connectivity index (χ3v) is 11.6. The van der Waals surface area contributed by atoms with Gasteiger partial charge in [-0.3, -0.25) is 0 Å². The standard InChI is InChI=1S/C42H28S3/c1-2-5-29(6-3-1)30-8-10-31(11-9-30)32-12-14-33(15-13-32)34-16-18-35(19-17-34)36-20-22-37(23-21-36)38-24-25-41(44-38)42-27-26-40(45-42)39-7-4-28-43-39/h1-28H. The molecule has 45 heavy (non-hydrogen) atoms. The molecule has 0 N–H and O–H groups in total. The van der Waals surface area contributed by atoms with E-state index in [0.717, 1.165) is 0 Å².